The monoisotopic (exact) mass is 217 g/mol. The Kier molecular flexibility index (Phi) is 3.05. The van der Waals surface area contributed by atoms with E-state index in [1.165, 1.54) is 6.07 Å². The first-order valence-corrected chi connectivity index (χ1v) is 4.80. The van der Waals surface area contributed by atoms with Crippen molar-refractivity contribution in [3.8, 4) is 0 Å². The van der Waals surface area contributed by atoms with E-state index in [1.807, 2.05) is 30.3 Å². The summed E-state index contributed by atoms with van der Waals surface area (Å²) in [6.45, 7) is 0. The van der Waals surface area contributed by atoms with Crippen LogP contribution in [0.15, 0.2) is 53.5 Å². The Labute approximate surface area is 92.1 Å². The summed E-state index contributed by atoms with van der Waals surface area (Å²) in [5.74, 6) is -1.75. The Hall–Kier alpha value is -2.03. The summed E-state index contributed by atoms with van der Waals surface area (Å²) >= 11 is 0. The van der Waals surface area contributed by atoms with E-state index in [-0.39, 0.29) is 0 Å². The molecule has 0 aromatic heterocycles. The third kappa shape index (κ3) is 2.51. The molecule has 0 aliphatic rings. The van der Waals surface area contributed by atoms with Crippen LogP contribution in [-0.2, 0) is 0 Å². The molecule has 0 fully saturated rings. The number of aliphatic imine (C=N–C) groups is 1. The summed E-state index contributed by atoms with van der Waals surface area (Å²) in [6.07, 6.45) is 1.60. The fourth-order valence-corrected chi connectivity index (χ4v) is 1.25. The fraction of sp³-hybridized carbons (Fsp3) is 0. The van der Waals surface area contributed by atoms with E-state index in [0.29, 0.717) is 5.69 Å². The van der Waals surface area contributed by atoms with Crippen LogP contribution in [0.3, 0.4) is 0 Å². The van der Waals surface area contributed by atoms with Gasteiger partial charge >= 0.3 is 0 Å². The van der Waals surface area contributed by atoms with Gasteiger partial charge in [0.05, 0.1) is 5.69 Å². The van der Waals surface area contributed by atoms with Crippen LogP contribution in [-0.4, -0.2) is 6.21 Å². The Balaban J connectivity index is 2.21. The first-order chi connectivity index (χ1) is 7.75. The van der Waals surface area contributed by atoms with Crippen molar-refractivity contribution >= 4 is 11.9 Å². The minimum atomic E-state index is -0.886. The van der Waals surface area contributed by atoms with Gasteiger partial charge in [-0.2, -0.15) is 0 Å². The second kappa shape index (κ2) is 4.66. The summed E-state index contributed by atoms with van der Waals surface area (Å²) < 4.78 is 25.5. The number of hydrogen-bond acceptors (Lipinski definition) is 1. The lowest BCUT2D eigenvalue weighted by atomic mass is 10.2. The summed E-state index contributed by atoms with van der Waals surface area (Å²) in [7, 11) is 0. The zero-order chi connectivity index (χ0) is 11.4. The van der Waals surface area contributed by atoms with Crippen LogP contribution in [0, 0.1) is 11.6 Å². The van der Waals surface area contributed by atoms with Gasteiger partial charge in [-0.25, -0.2) is 8.78 Å². The molecule has 0 N–H and O–H groups in total. The molecule has 2 aromatic carbocycles. The molecular weight excluding hydrogens is 208 g/mol. The third-order valence-electron chi connectivity index (χ3n) is 2.07. The average Bonchev–Trinajstić information content (AvgIpc) is 2.32. The van der Waals surface area contributed by atoms with Gasteiger partial charge in [-0.1, -0.05) is 30.3 Å². The standard InChI is InChI=1S/C13H9F2N/c14-12-7-6-11(8-13(12)15)16-9-10-4-2-1-3-5-10/h1-9H/b16-9+. The van der Waals surface area contributed by atoms with Gasteiger partial charge in [0.1, 0.15) is 0 Å². The quantitative estimate of drug-likeness (QED) is 0.680. The third-order valence-corrected chi connectivity index (χ3v) is 2.07. The van der Waals surface area contributed by atoms with Crippen LogP contribution in [0.2, 0.25) is 0 Å². The lowest BCUT2D eigenvalue weighted by Gasteiger charge is -1.95. The van der Waals surface area contributed by atoms with Gasteiger partial charge in [0.2, 0.25) is 0 Å². The van der Waals surface area contributed by atoms with E-state index in [9.17, 15) is 8.78 Å². The average molecular weight is 217 g/mol. The van der Waals surface area contributed by atoms with Crippen molar-refractivity contribution in [2.24, 2.45) is 4.99 Å². The van der Waals surface area contributed by atoms with Gasteiger partial charge in [-0.05, 0) is 17.7 Å². The van der Waals surface area contributed by atoms with Crippen molar-refractivity contribution in [3.63, 3.8) is 0 Å². The van der Waals surface area contributed by atoms with Crippen LogP contribution < -0.4 is 0 Å². The summed E-state index contributed by atoms with van der Waals surface area (Å²) in [4.78, 5) is 4.05. The van der Waals surface area contributed by atoms with Gasteiger partial charge in [-0.15, -0.1) is 0 Å². The molecule has 0 spiro atoms. The number of halogens is 2. The van der Waals surface area contributed by atoms with Gasteiger partial charge < -0.3 is 0 Å². The van der Waals surface area contributed by atoms with E-state index in [2.05, 4.69) is 4.99 Å². The molecule has 0 unspecified atom stereocenters. The highest BCUT2D eigenvalue weighted by Crippen LogP contribution is 2.15. The maximum atomic E-state index is 12.9. The van der Waals surface area contributed by atoms with E-state index < -0.39 is 11.6 Å². The molecule has 0 saturated carbocycles. The maximum Gasteiger partial charge on any atom is 0.160 e. The minimum absolute atomic E-state index is 0.391. The molecule has 0 bridgehead atoms. The Bertz CT molecular complexity index is 507. The normalized spacial score (nSPS) is 10.9. The van der Waals surface area contributed by atoms with Crippen molar-refractivity contribution < 1.29 is 8.78 Å². The lowest BCUT2D eigenvalue weighted by Crippen LogP contribution is -1.82. The van der Waals surface area contributed by atoms with E-state index in [1.54, 1.807) is 6.21 Å². The van der Waals surface area contributed by atoms with E-state index in [4.69, 9.17) is 0 Å². The van der Waals surface area contributed by atoms with E-state index >= 15 is 0 Å². The zero-order valence-corrected chi connectivity index (χ0v) is 8.40. The molecule has 16 heavy (non-hydrogen) atoms. The summed E-state index contributed by atoms with van der Waals surface area (Å²) in [5, 5.41) is 0. The molecule has 0 atom stereocenters. The predicted molar refractivity (Wildman–Crippen MR) is 60.1 cm³/mol. The van der Waals surface area contributed by atoms with Crippen molar-refractivity contribution in [2.75, 3.05) is 0 Å². The minimum Gasteiger partial charge on any atom is -0.256 e. The zero-order valence-electron chi connectivity index (χ0n) is 8.40. The molecule has 0 aliphatic carbocycles. The molecule has 0 amide bonds. The van der Waals surface area contributed by atoms with Crippen molar-refractivity contribution in [1.82, 2.24) is 0 Å². The van der Waals surface area contributed by atoms with Crippen LogP contribution in [0.4, 0.5) is 14.5 Å². The van der Waals surface area contributed by atoms with Crippen LogP contribution in [0.5, 0.6) is 0 Å². The highest BCUT2D eigenvalue weighted by Gasteiger charge is 2.00. The maximum absolute atomic E-state index is 12.9. The van der Waals surface area contributed by atoms with Gasteiger partial charge in [0.15, 0.2) is 11.6 Å². The molecule has 80 valence electrons. The Morgan fingerprint density at radius 2 is 1.62 bits per heavy atom. The largest absolute Gasteiger partial charge is 0.256 e. The lowest BCUT2D eigenvalue weighted by molar-refractivity contribution is 0.509. The fourth-order valence-electron chi connectivity index (χ4n) is 1.25. The second-order valence-electron chi connectivity index (χ2n) is 3.27. The Morgan fingerprint density at radius 3 is 2.31 bits per heavy atom. The molecule has 0 heterocycles. The molecular formula is C13H9F2N. The molecule has 3 heteroatoms. The van der Waals surface area contributed by atoms with Gasteiger partial charge in [-0.3, -0.25) is 4.99 Å². The SMILES string of the molecule is Fc1ccc(/N=C/c2ccccc2)cc1F. The van der Waals surface area contributed by atoms with Crippen molar-refractivity contribution in [2.45, 2.75) is 0 Å². The van der Waals surface area contributed by atoms with Crippen LogP contribution >= 0.6 is 0 Å². The predicted octanol–water partition coefficient (Wildman–Crippen LogP) is 3.72. The number of rotatable bonds is 2. The smallest absolute Gasteiger partial charge is 0.160 e. The van der Waals surface area contributed by atoms with Crippen molar-refractivity contribution in [3.05, 3.63) is 65.7 Å². The second-order valence-corrected chi connectivity index (χ2v) is 3.27. The molecule has 2 aromatic rings. The molecule has 0 radical (unpaired) electrons. The van der Waals surface area contributed by atoms with E-state index in [0.717, 1.165) is 17.7 Å². The van der Waals surface area contributed by atoms with Crippen LogP contribution in [0.1, 0.15) is 5.56 Å². The van der Waals surface area contributed by atoms with Crippen LogP contribution in [0.25, 0.3) is 0 Å². The highest BCUT2D eigenvalue weighted by molar-refractivity contribution is 5.81. The molecule has 0 aliphatic heterocycles. The van der Waals surface area contributed by atoms with Gasteiger partial charge in [0.25, 0.3) is 0 Å². The molecule has 1 nitrogen and oxygen atoms in total. The Morgan fingerprint density at radius 1 is 0.875 bits per heavy atom. The number of nitrogens with zero attached hydrogens (tertiary/aromatic N) is 1. The molecule has 2 rings (SSSR count). The summed E-state index contributed by atoms with van der Waals surface area (Å²) in [6, 6.07) is 13.0. The van der Waals surface area contributed by atoms with Crippen molar-refractivity contribution in [1.29, 1.82) is 0 Å². The number of benzene rings is 2. The summed E-state index contributed by atoms with van der Waals surface area (Å²) in [5.41, 5.74) is 1.30. The number of hydrogen-bond donors (Lipinski definition) is 0. The van der Waals surface area contributed by atoms with Gasteiger partial charge in [0, 0.05) is 12.3 Å². The first kappa shape index (κ1) is 10.5. The first-order valence-electron chi connectivity index (χ1n) is 4.80. The highest BCUT2D eigenvalue weighted by atomic mass is 19.2. The molecule has 0 saturated heterocycles. The topological polar surface area (TPSA) is 12.4 Å².